The smallest absolute Gasteiger partial charge is 0.332 e. The minimum Gasteiger partial charge on any atom is -0.711 e. The van der Waals surface area contributed by atoms with E-state index >= 15 is 0 Å². The van der Waals surface area contributed by atoms with Crippen LogP contribution < -0.4 is 9.47 Å². The van der Waals surface area contributed by atoms with E-state index in [1.807, 2.05) is 66.1 Å². The number of unbranched alkanes of at least 4 members (excludes halogenated alkanes) is 5. The van der Waals surface area contributed by atoms with Crippen molar-refractivity contribution in [2.24, 2.45) is 5.92 Å². The maximum atomic E-state index is 13.8. The van der Waals surface area contributed by atoms with Gasteiger partial charge in [-0.1, -0.05) is 81.5 Å². The third-order valence-corrected chi connectivity index (χ3v) is 8.29. The van der Waals surface area contributed by atoms with Crippen LogP contribution in [-0.4, -0.2) is 52.9 Å². The zero-order chi connectivity index (χ0) is 30.4. The van der Waals surface area contributed by atoms with Gasteiger partial charge in [0.2, 0.25) is 11.8 Å². The zero-order valence-electron chi connectivity index (χ0n) is 25.3. The molecule has 0 saturated carbocycles. The van der Waals surface area contributed by atoms with Crippen molar-refractivity contribution >= 4 is 17.8 Å². The average molecular weight is 575 g/mol. The fourth-order valence-electron chi connectivity index (χ4n) is 5.61. The van der Waals surface area contributed by atoms with Crippen molar-refractivity contribution in [1.29, 1.82) is 0 Å². The van der Waals surface area contributed by atoms with Crippen molar-refractivity contribution in [2.75, 3.05) is 20.7 Å². The van der Waals surface area contributed by atoms with Crippen LogP contribution in [0.4, 0.5) is 4.79 Å². The van der Waals surface area contributed by atoms with Crippen molar-refractivity contribution in [1.82, 2.24) is 14.4 Å². The van der Waals surface area contributed by atoms with Gasteiger partial charge in [-0.05, 0) is 29.7 Å². The van der Waals surface area contributed by atoms with Gasteiger partial charge in [0.05, 0.1) is 6.61 Å². The van der Waals surface area contributed by atoms with Crippen LogP contribution in [0, 0.1) is 25.0 Å². The van der Waals surface area contributed by atoms with Gasteiger partial charge in [-0.3, -0.25) is 19.4 Å². The zero-order valence-corrected chi connectivity index (χ0v) is 25.3. The maximum Gasteiger partial charge on any atom is 0.332 e. The lowest BCUT2D eigenvalue weighted by molar-refractivity contribution is -0.621. The molecular weight excluding hydrogens is 532 g/mol. The first-order valence-corrected chi connectivity index (χ1v) is 14.8. The van der Waals surface area contributed by atoms with Crippen LogP contribution in [0.5, 0.6) is 5.75 Å². The summed E-state index contributed by atoms with van der Waals surface area (Å²) in [7, 11) is 2.73. The minimum absolute atomic E-state index is 0.275. The summed E-state index contributed by atoms with van der Waals surface area (Å²) in [6, 6.07) is 16.3. The fraction of sp³-hybridized carbons (Fsp3) is 0.455. The number of carbonyl (C=O) groups is 3. The second-order valence-corrected chi connectivity index (χ2v) is 11.1. The molecule has 0 N–H and O–H groups in total. The third-order valence-electron chi connectivity index (χ3n) is 8.29. The SMILES string of the molecule is CCCCCCCCOc1ccc(C(c2n(Cc3ccccc3)c(C)c(C)[n+]2[O-])C2C(=O)N(C)C(=O)N(C)C2=O)cc1. The number of nitrogens with zero attached hydrogens (tertiary/aromatic N) is 4. The molecule has 42 heavy (non-hydrogen) atoms. The van der Waals surface area contributed by atoms with E-state index in [0.717, 1.165) is 38.6 Å². The number of benzene rings is 2. The number of imidazole rings is 1. The molecule has 0 radical (unpaired) electrons. The monoisotopic (exact) mass is 574 g/mol. The predicted octanol–water partition coefficient (Wildman–Crippen LogP) is 5.32. The maximum absolute atomic E-state index is 13.8. The molecule has 1 unspecified atom stereocenters. The minimum atomic E-state index is -1.30. The van der Waals surface area contributed by atoms with Gasteiger partial charge >= 0.3 is 6.03 Å². The van der Waals surface area contributed by atoms with Gasteiger partial charge in [-0.25, -0.2) is 14.1 Å². The summed E-state index contributed by atoms with van der Waals surface area (Å²) in [5.74, 6) is -2.56. The highest BCUT2D eigenvalue weighted by molar-refractivity contribution is 6.16. The van der Waals surface area contributed by atoms with Crippen LogP contribution in [0.1, 0.15) is 79.7 Å². The van der Waals surface area contributed by atoms with Gasteiger partial charge in [0.1, 0.15) is 35.5 Å². The highest BCUT2D eigenvalue weighted by Gasteiger charge is 2.51. The number of amides is 4. The molecule has 3 aromatic rings. The van der Waals surface area contributed by atoms with Crippen molar-refractivity contribution in [3.63, 3.8) is 0 Å². The number of hydrogen-bond donors (Lipinski definition) is 0. The van der Waals surface area contributed by atoms with Crippen LogP contribution in [0.15, 0.2) is 54.6 Å². The van der Waals surface area contributed by atoms with E-state index in [1.165, 1.54) is 39.8 Å². The number of aromatic nitrogens is 2. The van der Waals surface area contributed by atoms with Gasteiger partial charge in [-0.2, -0.15) is 0 Å². The standard InChI is InChI=1S/C33H42N4O5/c1-6-7-8-9-10-14-21-42-27-19-17-26(18-20-27)28(29-31(38)34(4)33(40)35(5)32(29)39)30-36(23(2)24(3)37(30)41)22-25-15-12-11-13-16-25/h11-13,15-20,28-29H,6-10,14,21-22H2,1-5H3. The van der Waals surface area contributed by atoms with E-state index in [1.54, 1.807) is 6.92 Å². The molecule has 0 bridgehead atoms. The molecule has 1 aliphatic rings. The van der Waals surface area contributed by atoms with Gasteiger partial charge in [0, 0.05) is 27.9 Å². The lowest BCUT2D eigenvalue weighted by Gasteiger charge is -2.36. The molecule has 0 spiro atoms. The first kappa shape index (κ1) is 30.8. The Bertz CT molecular complexity index is 1380. The summed E-state index contributed by atoms with van der Waals surface area (Å²) in [4.78, 5) is 41.7. The van der Waals surface area contributed by atoms with Crippen LogP contribution in [0.3, 0.4) is 0 Å². The lowest BCUT2D eigenvalue weighted by atomic mass is 9.82. The first-order chi connectivity index (χ1) is 20.2. The van der Waals surface area contributed by atoms with E-state index in [2.05, 4.69) is 6.92 Å². The van der Waals surface area contributed by atoms with Crippen molar-refractivity contribution in [2.45, 2.75) is 71.8 Å². The summed E-state index contributed by atoms with van der Waals surface area (Å²) < 4.78 is 8.67. The van der Waals surface area contributed by atoms with Crippen molar-refractivity contribution in [3.05, 3.63) is 88.1 Å². The molecule has 9 nitrogen and oxygen atoms in total. The topological polar surface area (TPSA) is 98.8 Å². The second-order valence-electron chi connectivity index (χ2n) is 11.1. The number of imide groups is 2. The normalized spacial score (nSPS) is 15.0. The molecule has 2 aromatic carbocycles. The first-order valence-electron chi connectivity index (χ1n) is 14.8. The molecule has 1 aromatic heterocycles. The van der Waals surface area contributed by atoms with Gasteiger partial charge in [0.25, 0.3) is 5.82 Å². The molecule has 1 aliphatic heterocycles. The number of hydrogen-bond acceptors (Lipinski definition) is 5. The largest absolute Gasteiger partial charge is 0.711 e. The fourth-order valence-corrected chi connectivity index (χ4v) is 5.61. The molecule has 9 heteroatoms. The highest BCUT2D eigenvalue weighted by atomic mass is 16.5. The third kappa shape index (κ3) is 6.35. The second kappa shape index (κ2) is 13.7. The molecule has 1 saturated heterocycles. The summed E-state index contributed by atoms with van der Waals surface area (Å²) >= 11 is 0. The number of ether oxygens (including phenoxy) is 1. The Kier molecular flexibility index (Phi) is 10.0. The van der Waals surface area contributed by atoms with Crippen LogP contribution in [0.25, 0.3) is 0 Å². The Labute approximate surface area is 248 Å². The predicted molar refractivity (Wildman–Crippen MR) is 160 cm³/mol. The van der Waals surface area contributed by atoms with E-state index in [-0.39, 0.29) is 5.82 Å². The molecule has 4 amide bonds. The quantitative estimate of drug-likeness (QED) is 0.119. The molecule has 0 aliphatic carbocycles. The van der Waals surface area contributed by atoms with Crippen molar-refractivity contribution in [3.8, 4) is 5.75 Å². The summed E-state index contributed by atoms with van der Waals surface area (Å²) in [6.45, 7) is 6.78. The molecule has 1 atom stereocenters. The Morgan fingerprint density at radius 3 is 2.07 bits per heavy atom. The Balaban J connectivity index is 1.72. The average Bonchev–Trinajstić information content (AvgIpc) is 3.20. The van der Waals surface area contributed by atoms with Gasteiger partial charge in [-0.15, -0.1) is 0 Å². The molecule has 1 fully saturated rings. The molecule has 4 rings (SSSR count). The number of rotatable bonds is 13. The molecular formula is C33H42N4O5. The van der Waals surface area contributed by atoms with Gasteiger partial charge < -0.3 is 9.94 Å². The number of urea groups is 1. The molecule has 224 valence electrons. The van der Waals surface area contributed by atoms with E-state index < -0.39 is 29.7 Å². The Hall–Kier alpha value is -4.14. The summed E-state index contributed by atoms with van der Waals surface area (Å²) in [5, 5.41) is 13.8. The van der Waals surface area contributed by atoms with E-state index in [9.17, 15) is 19.6 Å². The number of barbiturate groups is 1. The van der Waals surface area contributed by atoms with E-state index in [0.29, 0.717) is 30.2 Å². The highest BCUT2D eigenvalue weighted by Crippen LogP contribution is 2.37. The summed E-state index contributed by atoms with van der Waals surface area (Å²) in [6.07, 6.45) is 6.99. The summed E-state index contributed by atoms with van der Waals surface area (Å²) in [5.41, 5.74) is 2.81. The Morgan fingerprint density at radius 1 is 0.857 bits per heavy atom. The van der Waals surface area contributed by atoms with Crippen LogP contribution in [-0.2, 0) is 16.1 Å². The van der Waals surface area contributed by atoms with Gasteiger partial charge in [0.15, 0.2) is 0 Å². The van der Waals surface area contributed by atoms with Crippen LogP contribution in [0.2, 0.25) is 0 Å². The van der Waals surface area contributed by atoms with Crippen molar-refractivity contribution < 1.29 is 23.9 Å². The molecule has 2 heterocycles. The lowest BCUT2D eigenvalue weighted by Crippen LogP contribution is -2.59. The number of carbonyl (C=O) groups excluding carboxylic acids is 3. The Morgan fingerprint density at radius 2 is 1.45 bits per heavy atom. The van der Waals surface area contributed by atoms with E-state index in [4.69, 9.17) is 4.74 Å². The van der Waals surface area contributed by atoms with Crippen LogP contribution >= 0.6 is 0 Å².